The van der Waals surface area contributed by atoms with Crippen molar-refractivity contribution in [2.45, 2.75) is 38.3 Å². The number of anilines is 1. The summed E-state index contributed by atoms with van der Waals surface area (Å²) in [5, 5.41) is 0. The number of benzene rings is 1. The molecule has 2 aliphatic rings. The summed E-state index contributed by atoms with van der Waals surface area (Å²) in [4.78, 5) is 13.8. The summed E-state index contributed by atoms with van der Waals surface area (Å²) in [7, 11) is 0. The van der Waals surface area contributed by atoms with Gasteiger partial charge in [-0.2, -0.15) is 0 Å². The molecule has 1 fully saturated rings. The standard InChI is InChI=1S/C13H15NO2/c1-2-8-13-9-7-12(15)14(13)10-5-3-4-6-11(10)16-13/h3-6H,2,7-9H2,1H3/t13-/m0/s1. The van der Waals surface area contributed by atoms with Crippen LogP contribution in [-0.4, -0.2) is 11.6 Å². The molecule has 84 valence electrons. The van der Waals surface area contributed by atoms with Crippen LogP contribution in [0.4, 0.5) is 5.69 Å². The number of rotatable bonds is 2. The van der Waals surface area contributed by atoms with Gasteiger partial charge in [0.2, 0.25) is 5.91 Å². The van der Waals surface area contributed by atoms with Gasteiger partial charge in [0.05, 0.1) is 5.69 Å². The molecule has 3 nitrogen and oxygen atoms in total. The van der Waals surface area contributed by atoms with Gasteiger partial charge in [-0.05, 0) is 12.1 Å². The Labute approximate surface area is 95.0 Å². The molecular weight excluding hydrogens is 202 g/mol. The van der Waals surface area contributed by atoms with E-state index >= 15 is 0 Å². The Morgan fingerprint density at radius 3 is 3.06 bits per heavy atom. The van der Waals surface area contributed by atoms with Crippen molar-refractivity contribution in [2.75, 3.05) is 4.90 Å². The molecule has 1 amide bonds. The Hall–Kier alpha value is -1.51. The van der Waals surface area contributed by atoms with Crippen LogP contribution >= 0.6 is 0 Å². The first-order valence-corrected chi connectivity index (χ1v) is 5.88. The number of fused-ring (bicyclic) bond motifs is 3. The van der Waals surface area contributed by atoms with E-state index in [0.717, 1.165) is 30.7 Å². The molecule has 1 aromatic rings. The number of carbonyl (C=O) groups excluding carboxylic acids is 1. The second-order valence-electron chi connectivity index (χ2n) is 4.50. The zero-order valence-electron chi connectivity index (χ0n) is 9.40. The normalized spacial score (nSPS) is 26.6. The maximum atomic E-state index is 11.9. The lowest BCUT2D eigenvalue weighted by Crippen LogP contribution is -2.46. The first kappa shape index (κ1) is 9.70. The third-order valence-corrected chi connectivity index (χ3v) is 3.43. The smallest absolute Gasteiger partial charge is 0.230 e. The van der Waals surface area contributed by atoms with E-state index in [0.29, 0.717) is 6.42 Å². The Balaban J connectivity index is 2.08. The van der Waals surface area contributed by atoms with Crippen LogP contribution in [0.25, 0.3) is 0 Å². The molecule has 0 bridgehead atoms. The molecule has 0 aromatic heterocycles. The largest absolute Gasteiger partial charge is 0.465 e. The summed E-state index contributed by atoms with van der Waals surface area (Å²) in [5.41, 5.74) is 0.564. The van der Waals surface area contributed by atoms with E-state index in [9.17, 15) is 4.79 Å². The number of amides is 1. The lowest BCUT2D eigenvalue weighted by molar-refractivity contribution is -0.117. The van der Waals surface area contributed by atoms with Gasteiger partial charge in [0.15, 0.2) is 5.72 Å². The molecule has 2 heterocycles. The third kappa shape index (κ3) is 1.11. The summed E-state index contributed by atoms with van der Waals surface area (Å²) in [6.07, 6.45) is 3.36. The third-order valence-electron chi connectivity index (χ3n) is 3.43. The minimum atomic E-state index is -0.379. The molecule has 0 N–H and O–H groups in total. The van der Waals surface area contributed by atoms with Gasteiger partial charge >= 0.3 is 0 Å². The fourth-order valence-corrected chi connectivity index (χ4v) is 2.82. The Kier molecular flexibility index (Phi) is 1.96. The van der Waals surface area contributed by atoms with Crippen molar-refractivity contribution in [2.24, 2.45) is 0 Å². The molecule has 3 heteroatoms. The van der Waals surface area contributed by atoms with E-state index in [4.69, 9.17) is 4.74 Å². The number of hydrogen-bond acceptors (Lipinski definition) is 2. The van der Waals surface area contributed by atoms with Gasteiger partial charge in [-0.25, -0.2) is 0 Å². The molecule has 0 radical (unpaired) electrons. The van der Waals surface area contributed by atoms with Crippen molar-refractivity contribution in [3.05, 3.63) is 24.3 Å². The Morgan fingerprint density at radius 1 is 1.44 bits per heavy atom. The van der Waals surface area contributed by atoms with Gasteiger partial charge < -0.3 is 4.74 Å². The van der Waals surface area contributed by atoms with Gasteiger partial charge in [-0.3, -0.25) is 9.69 Å². The predicted octanol–water partition coefficient (Wildman–Crippen LogP) is 2.70. The summed E-state index contributed by atoms with van der Waals surface area (Å²) >= 11 is 0. The predicted molar refractivity (Wildman–Crippen MR) is 61.4 cm³/mol. The maximum Gasteiger partial charge on any atom is 0.230 e. The zero-order chi connectivity index (χ0) is 11.2. The quantitative estimate of drug-likeness (QED) is 0.762. The highest BCUT2D eigenvalue weighted by atomic mass is 16.5. The first-order chi connectivity index (χ1) is 7.77. The minimum Gasteiger partial charge on any atom is -0.465 e. The number of carbonyl (C=O) groups is 1. The fraction of sp³-hybridized carbons (Fsp3) is 0.462. The second-order valence-corrected chi connectivity index (χ2v) is 4.50. The van der Waals surface area contributed by atoms with Crippen molar-refractivity contribution in [3.8, 4) is 5.75 Å². The molecule has 1 atom stereocenters. The lowest BCUT2D eigenvalue weighted by atomic mass is 10.1. The van der Waals surface area contributed by atoms with Crippen molar-refractivity contribution in [1.29, 1.82) is 0 Å². The van der Waals surface area contributed by atoms with Crippen LogP contribution in [0.5, 0.6) is 5.75 Å². The van der Waals surface area contributed by atoms with E-state index < -0.39 is 0 Å². The highest BCUT2D eigenvalue weighted by Crippen LogP contribution is 2.49. The van der Waals surface area contributed by atoms with Crippen LogP contribution < -0.4 is 9.64 Å². The van der Waals surface area contributed by atoms with Crippen molar-refractivity contribution < 1.29 is 9.53 Å². The summed E-state index contributed by atoms with van der Waals surface area (Å²) in [6, 6.07) is 7.81. The fourth-order valence-electron chi connectivity index (χ4n) is 2.82. The molecule has 16 heavy (non-hydrogen) atoms. The van der Waals surface area contributed by atoms with E-state index in [1.165, 1.54) is 0 Å². The van der Waals surface area contributed by atoms with E-state index in [2.05, 4.69) is 6.92 Å². The topological polar surface area (TPSA) is 29.5 Å². The van der Waals surface area contributed by atoms with Crippen LogP contribution in [0, 0.1) is 0 Å². The van der Waals surface area contributed by atoms with Gasteiger partial charge in [0.25, 0.3) is 0 Å². The van der Waals surface area contributed by atoms with Crippen LogP contribution in [0.1, 0.15) is 32.6 Å². The molecular formula is C13H15NO2. The van der Waals surface area contributed by atoms with Crippen LogP contribution in [0.3, 0.4) is 0 Å². The number of hydrogen-bond donors (Lipinski definition) is 0. The SMILES string of the molecule is CCC[C@]12CCC(=O)N1c1ccccc1O2. The average molecular weight is 217 g/mol. The van der Waals surface area contributed by atoms with Gasteiger partial charge in [-0.15, -0.1) is 0 Å². The molecule has 2 aliphatic heterocycles. The minimum absolute atomic E-state index is 0.193. The molecule has 1 aromatic carbocycles. The van der Waals surface area contributed by atoms with Crippen molar-refractivity contribution in [1.82, 2.24) is 0 Å². The molecule has 0 aliphatic carbocycles. The summed E-state index contributed by atoms with van der Waals surface area (Å²) < 4.78 is 6.03. The van der Waals surface area contributed by atoms with Gasteiger partial charge in [0, 0.05) is 19.3 Å². The zero-order valence-corrected chi connectivity index (χ0v) is 9.40. The molecule has 0 spiro atoms. The number of ether oxygens (including phenoxy) is 1. The molecule has 3 rings (SSSR count). The summed E-state index contributed by atoms with van der Waals surface area (Å²) in [5.74, 6) is 1.04. The summed E-state index contributed by atoms with van der Waals surface area (Å²) in [6.45, 7) is 2.13. The highest BCUT2D eigenvalue weighted by Gasteiger charge is 2.52. The maximum absolute atomic E-state index is 11.9. The van der Waals surface area contributed by atoms with Crippen molar-refractivity contribution >= 4 is 11.6 Å². The Morgan fingerprint density at radius 2 is 2.25 bits per heavy atom. The van der Waals surface area contributed by atoms with E-state index in [1.807, 2.05) is 29.2 Å². The Bertz CT molecular complexity index is 443. The molecule has 0 saturated carbocycles. The number of para-hydroxylation sites is 2. The first-order valence-electron chi connectivity index (χ1n) is 5.88. The van der Waals surface area contributed by atoms with Crippen molar-refractivity contribution in [3.63, 3.8) is 0 Å². The number of nitrogens with zero attached hydrogens (tertiary/aromatic N) is 1. The van der Waals surface area contributed by atoms with Crippen LogP contribution in [0.15, 0.2) is 24.3 Å². The highest BCUT2D eigenvalue weighted by molar-refractivity contribution is 5.99. The second kappa shape index (κ2) is 3.24. The molecule has 1 saturated heterocycles. The van der Waals surface area contributed by atoms with E-state index in [1.54, 1.807) is 0 Å². The molecule has 0 unspecified atom stereocenters. The monoisotopic (exact) mass is 217 g/mol. The van der Waals surface area contributed by atoms with E-state index in [-0.39, 0.29) is 11.6 Å². The van der Waals surface area contributed by atoms with Gasteiger partial charge in [-0.1, -0.05) is 25.5 Å². The average Bonchev–Trinajstić information content (AvgIpc) is 2.75. The van der Waals surface area contributed by atoms with Crippen LogP contribution in [-0.2, 0) is 4.79 Å². The lowest BCUT2D eigenvalue weighted by Gasteiger charge is -2.30. The van der Waals surface area contributed by atoms with Gasteiger partial charge in [0.1, 0.15) is 5.75 Å². The van der Waals surface area contributed by atoms with Crippen LogP contribution in [0.2, 0.25) is 0 Å².